The second-order valence-corrected chi connectivity index (χ2v) is 5.63. The smallest absolute Gasteiger partial charge is 0.269 e. The lowest BCUT2D eigenvalue weighted by molar-refractivity contribution is -0.650. The van der Waals surface area contributed by atoms with Gasteiger partial charge in [-0.15, -0.1) is 0 Å². The van der Waals surface area contributed by atoms with Gasteiger partial charge in [-0.3, -0.25) is 4.79 Å². The number of hydrazine groups is 1. The Hall–Kier alpha value is -1.13. The lowest BCUT2D eigenvalue weighted by Gasteiger charge is -2.25. The van der Waals surface area contributed by atoms with E-state index in [0.717, 1.165) is 24.3 Å². The van der Waals surface area contributed by atoms with Crippen LogP contribution in [0.4, 0.5) is 0 Å². The van der Waals surface area contributed by atoms with Crippen molar-refractivity contribution in [2.45, 2.75) is 78.2 Å². The van der Waals surface area contributed by atoms with E-state index in [2.05, 4.69) is 6.92 Å². The lowest BCUT2D eigenvalue weighted by Crippen LogP contribution is -2.49. The summed E-state index contributed by atoms with van der Waals surface area (Å²) in [4.78, 5) is 22.7. The quantitative estimate of drug-likeness (QED) is 0.380. The Kier molecular flexibility index (Phi) is 7.55. The summed E-state index contributed by atoms with van der Waals surface area (Å²) in [6, 6.07) is 0. The van der Waals surface area contributed by atoms with Gasteiger partial charge in [0.15, 0.2) is 5.03 Å². The molecule has 18 heavy (non-hydrogen) atoms. The lowest BCUT2D eigenvalue weighted by atomic mass is 10.1. The van der Waals surface area contributed by atoms with Crippen molar-refractivity contribution in [2.24, 2.45) is 0 Å². The highest BCUT2D eigenvalue weighted by atomic mass is 16.7. The molecule has 0 heterocycles. The van der Waals surface area contributed by atoms with Gasteiger partial charge in [-0.05, 0) is 27.2 Å². The maximum Gasteiger partial charge on any atom is 0.284 e. The Morgan fingerprint density at radius 1 is 1.11 bits per heavy atom. The fourth-order valence-electron chi connectivity index (χ4n) is 1.87. The Labute approximate surface area is 110 Å². The summed E-state index contributed by atoms with van der Waals surface area (Å²) in [7, 11) is 0. The molecule has 0 saturated carbocycles. The van der Waals surface area contributed by atoms with Crippen LogP contribution in [0.15, 0.2) is 0 Å². The minimum absolute atomic E-state index is 0.268. The van der Waals surface area contributed by atoms with Gasteiger partial charge in [0.05, 0.1) is 0 Å². The third-order valence-electron chi connectivity index (χ3n) is 2.78. The number of carbonyl (C=O) groups is 1. The molecule has 1 amide bonds. The number of nitro groups is 1. The first-order valence-electron chi connectivity index (χ1n) is 6.78. The Morgan fingerprint density at radius 3 is 2.06 bits per heavy atom. The van der Waals surface area contributed by atoms with Crippen molar-refractivity contribution in [3.63, 3.8) is 0 Å². The second kappa shape index (κ2) is 8.06. The average molecular weight is 258 g/mol. The molecular weight excluding hydrogens is 232 g/mol. The molecule has 0 fully saturated rings. The van der Waals surface area contributed by atoms with Gasteiger partial charge in [0, 0.05) is 6.42 Å². The van der Waals surface area contributed by atoms with Gasteiger partial charge in [0.1, 0.15) is 5.54 Å². The van der Waals surface area contributed by atoms with Gasteiger partial charge in [-0.25, -0.2) is 10.1 Å². The monoisotopic (exact) mass is 258 g/mol. The summed E-state index contributed by atoms with van der Waals surface area (Å²) in [6.45, 7) is 7.18. The molecule has 0 rings (SSSR count). The summed E-state index contributed by atoms with van der Waals surface area (Å²) in [5.41, 5.74) is -0.761. The number of nitrogens with zero attached hydrogens (tertiary/aromatic N) is 2. The largest absolute Gasteiger partial charge is 0.284 e. The van der Waals surface area contributed by atoms with Gasteiger partial charge in [-0.2, -0.15) is 0 Å². The highest BCUT2D eigenvalue weighted by Gasteiger charge is 2.35. The Morgan fingerprint density at radius 2 is 1.61 bits per heavy atom. The number of hydrogen-bond acceptors (Lipinski definition) is 3. The Balaban J connectivity index is 4.02. The van der Waals surface area contributed by atoms with Crippen LogP contribution in [0.25, 0.3) is 0 Å². The minimum Gasteiger partial charge on any atom is -0.269 e. The molecular formula is C13H26N2O3. The average Bonchev–Trinajstić information content (AvgIpc) is 2.20. The van der Waals surface area contributed by atoms with Crippen molar-refractivity contribution < 1.29 is 9.83 Å². The van der Waals surface area contributed by atoms with Crippen LogP contribution in [0.1, 0.15) is 72.6 Å². The molecule has 0 aliphatic carbocycles. The molecule has 106 valence electrons. The maximum absolute atomic E-state index is 11.8. The third-order valence-corrected chi connectivity index (χ3v) is 2.78. The van der Waals surface area contributed by atoms with Crippen LogP contribution in [-0.4, -0.2) is 21.5 Å². The normalized spacial score (nSPS) is 11.3. The van der Waals surface area contributed by atoms with Gasteiger partial charge in [0.2, 0.25) is 0 Å². The van der Waals surface area contributed by atoms with Crippen LogP contribution >= 0.6 is 0 Å². The van der Waals surface area contributed by atoms with Crippen molar-refractivity contribution in [3.05, 3.63) is 10.1 Å². The summed E-state index contributed by atoms with van der Waals surface area (Å²) < 4.78 is 0. The van der Waals surface area contributed by atoms with E-state index in [4.69, 9.17) is 0 Å². The van der Waals surface area contributed by atoms with Gasteiger partial charge >= 0.3 is 0 Å². The van der Waals surface area contributed by atoms with E-state index in [0.29, 0.717) is 0 Å². The van der Waals surface area contributed by atoms with Gasteiger partial charge in [0.25, 0.3) is 5.91 Å². The zero-order valence-electron chi connectivity index (χ0n) is 12.1. The number of unbranched alkanes of at least 4 members (excludes halogenated alkanes) is 5. The van der Waals surface area contributed by atoms with Crippen LogP contribution in [0.3, 0.4) is 0 Å². The van der Waals surface area contributed by atoms with Crippen LogP contribution in [0, 0.1) is 10.1 Å². The maximum atomic E-state index is 11.8. The third kappa shape index (κ3) is 6.57. The number of rotatable bonds is 8. The fourth-order valence-corrected chi connectivity index (χ4v) is 1.87. The predicted octanol–water partition coefficient (Wildman–Crippen LogP) is 3.56. The van der Waals surface area contributed by atoms with Crippen LogP contribution in [0.2, 0.25) is 0 Å². The molecule has 0 aromatic rings. The first-order chi connectivity index (χ1) is 8.30. The topological polar surface area (TPSA) is 63.5 Å². The van der Waals surface area contributed by atoms with Crippen molar-refractivity contribution >= 4 is 5.91 Å². The minimum atomic E-state index is -0.761. The van der Waals surface area contributed by atoms with Gasteiger partial charge in [-0.1, -0.05) is 44.0 Å². The van der Waals surface area contributed by atoms with E-state index in [1.807, 2.05) is 0 Å². The Bertz CT molecular complexity index is 272. The second-order valence-electron chi connectivity index (χ2n) is 5.63. The van der Waals surface area contributed by atoms with E-state index in [9.17, 15) is 14.9 Å². The molecule has 5 heteroatoms. The van der Waals surface area contributed by atoms with Crippen LogP contribution in [-0.2, 0) is 4.79 Å². The standard InChI is InChI=1S/C13H26N2O3/c1-5-6-7-8-9-10-11-12(16)14(15(17)18)13(2,3)4/h5-11H2,1-4H3. The summed E-state index contributed by atoms with van der Waals surface area (Å²) in [5.74, 6) is -0.386. The molecule has 0 spiro atoms. The van der Waals surface area contributed by atoms with E-state index in [-0.39, 0.29) is 12.3 Å². The molecule has 0 aliphatic rings. The zero-order valence-corrected chi connectivity index (χ0v) is 12.1. The van der Waals surface area contributed by atoms with Crippen molar-refractivity contribution in [3.8, 4) is 0 Å². The number of carbonyl (C=O) groups excluding carboxylic acids is 1. The van der Waals surface area contributed by atoms with E-state index >= 15 is 0 Å². The number of hydrogen-bond donors (Lipinski definition) is 0. The summed E-state index contributed by atoms with van der Waals surface area (Å²) >= 11 is 0. The number of amides is 1. The molecule has 0 aromatic heterocycles. The summed E-state index contributed by atoms with van der Waals surface area (Å²) in [5, 5.41) is 11.0. The van der Waals surface area contributed by atoms with E-state index < -0.39 is 10.6 Å². The van der Waals surface area contributed by atoms with E-state index in [1.165, 1.54) is 19.3 Å². The molecule has 0 radical (unpaired) electrons. The molecule has 0 saturated heterocycles. The predicted molar refractivity (Wildman–Crippen MR) is 71.6 cm³/mol. The highest BCUT2D eigenvalue weighted by Crippen LogP contribution is 2.16. The first kappa shape index (κ1) is 16.9. The van der Waals surface area contributed by atoms with Crippen LogP contribution < -0.4 is 0 Å². The van der Waals surface area contributed by atoms with E-state index in [1.54, 1.807) is 20.8 Å². The van der Waals surface area contributed by atoms with Gasteiger partial charge < -0.3 is 0 Å². The highest BCUT2D eigenvalue weighted by molar-refractivity contribution is 5.75. The van der Waals surface area contributed by atoms with Crippen molar-refractivity contribution in [1.82, 2.24) is 5.01 Å². The van der Waals surface area contributed by atoms with Crippen molar-refractivity contribution in [2.75, 3.05) is 0 Å². The van der Waals surface area contributed by atoms with Crippen molar-refractivity contribution in [1.29, 1.82) is 0 Å². The van der Waals surface area contributed by atoms with Crippen LogP contribution in [0.5, 0.6) is 0 Å². The molecule has 0 N–H and O–H groups in total. The fraction of sp³-hybridized carbons (Fsp3) is 0.923. The molecule has 0 bridgehead atoms. The molecule has 0 atom stereocenters. The molecule has 5 nitrogen and oxygen atoms in total. The first-order valence-corrected chi connectivity index (χ1v) is 6.78. The summed E-state index contributed by atoms with van der Waals surface area (Å²) in [6.07, 6.45) is 6.68. The molecule has 0 aromatic carbocycles. The SMILES string of the molecule is CCCCCCCCC(=O)N([N+](=O)[O-])C(C)(C)C. The molecule has 0 aliphatic heterocycles. The zero-order chi connectivity index (χ0) is 14.2. The molecule has 0 unspecified atom stereocenters.